The van der Waals surface area contributed by atoms with Gasteiger partial charge >= 0.3 is 0 Å². The molecule has 0 saturated heterocycles. The van der Waals surface area contributed by atoms with Crippen LogP contribution in [0.1, 0.15) is 52.9 Å². The molecule has 0 aromatic heterocycles. The highest BCUT2D eigenvalue weighted by atomic mass is 16.3. The van der Waals surface area contributed by atoms with Crippen molar-refractivity contribution in [2.75, 3.05) is 6.61 Å². The lowest BCUT2D eigenvalue weighted by atomic mass is 9.51. The summed E-state index contributed by atoms with van der Waals surface area (Å²) in [6.45, 7) is 5.15. The van der Waals surface area contributed by atoms with E-state index in [1.54, 1.807) is 13.8 Å². The average Bonchev–Trinajstić information content (AvgIpc) is 2.26. The van der Waals surface area contributed by atoms with E-state index >= 15 is 0 Å². The van der Waals surface area contributed by atoms with Gasteiger partial charge in [-0.2, -0.15) is 0 Å². The highest BCUT2D eigenvalue weighted by Gasteiger charge is 2.57. The van der Waals surface area contributed by atoms with Crippen LogP contribution in [0, 0.1) is 17.3 Å². The maximum Gasteiger partial charge on any atom is 0.0902 e. The number of fused-ring (bicyclic) bond motifs is 1. The molecule has 0 aromatic carbocycles. The third kappa shape index (κ3) is 2.44. The van der Waals surface area contributed by atoms with E-state index in [9.17, 15) is 20.4 Å². The van der Waals surface area contributed by atoms with E-state index in [1.807, 2.05) is 0 Å². The van der Waals surface area contributed by atoms with Gasteiger partial charge in [0.05, 0.1) is 23.9 Å². The summed E-state index contributed by atoms with van der Waals surface area (Å²) in [5.41, 5.74) is -2.24. The van der Waals surface area contributed by atoms with E-state index < -0.39 is 17.3 Å². The molecule has 0 amide bonds. The van der Waals surface area contributed by atoms with E-state index in [1.165, 1.54) is 0 Å². The molecule has 0 radical (unpaired) electrons. The maximum absolute atomic E-state index is 10.7. The molecule has 2 saturated carbocycles. The van der Waals surface area contributed by atoms with Gasteiger partial charge in [0.15, 0.2) is 0 Å². The normalized spacial score (nSPS) is 50.4. The first-order chi connectivity index (χ1) is 8.64. The molecule has 0 bridgehead atoms. The number of aliphatic hydroxyl groups is 4. The summed E-state index contributed by atoms with van der Waals surface area (Å²) < 4.78 is 0. The largest absolute Gasteiger partial charge is 0.393 e. The van der Waals surface area contributed by atoms with Crippen LogP contribution in [-0.2, 0) is 0 Å². The Morgan fingerprint density at radius 1 is 1.21 bits per heavy atom. The van der Waals surface area contributed by atoms with Crippen molar-refractivity contribution in [2.45, 2.75) is 70.2 Å². The lowest BCUT2D eigenvalue weighted by Crippen LogP contribution is -2.62. The zero-order valence-electron chi connectivity index (χ0n) is 12.3. The first kappa shape index (κ1) is 15.2. The van der Waals surface area contributed by atoms with Crippen molar-refractivity contribution in [3.63, 3.8) is 0 Å². The minimum absolute atomic E-state index is 0.0663. The quantitative estimate of drug-likeness (QED) is 0.606. The Morgan fingerprint density at radius 2 is 1.84 bits per heavy atom. The SMILES string of the molecule is CC1(O)CCCC2(C)CCC([C@](C)(O)CO)C(O)C12. The monoisotopic (exact) mass is 272 g/mol. The maximum atomic E-state index is 10.7. The molecule has 4 nitrogen and oxygen atoms in total. The van der Waals surface area contributed by atoms with Gasteiger partial charge in [-0.3, -0.25) is 0 Å². The molecular formula is C15H28O4. The highest BCUT2D eigenvalue weighted by Crippen LogP contribution is 2.56. The van der Waals surface area contributed by atoms with E-state index in [4.69, 9.17) is 0 Å². The van der Waals surface area contributed by atoms with Gasteiger partial charge in [0.1, 0.15) is 0 Å². The second-order valence-electron chi connectivity index (χ2n) is 7.49. The Kier molecular flexibility index (Phi) is 3.76. The third-order valence-corrected chi connectivity index (χ3v) is 5.75. The average molecular weight is 272 g/mol. The third-order valence-electron chi connectivity index (χ3n) is 5.75. The van der Waals surface area contributed by atoms with Gasteiger partial charge in [-0.25, -0.2) is 0 Å². The van der Waals surface area contributed by atoms with Crippen LogP contribution in [0.2, 0.25) is 0 Å². The van der Waals surface area contributed by atoms with E-state index in [0.29, 0.717) is 12.8 Å². The number of aliphatic hydroxyl groups excluding tert-OH is 2. The van der Waals surface area contributed by atoms with Gasteiger partial charge in [-0.1, -0.05) is 13.3 Å². The Bertz CT molecular complexity index is 339. The summed E-state index contributed by atoms with van der Waals surface area (Å²) in [4.78, 5) is 0. The molecule has 2 aliphatic carbocycles. The Labute approximate surface area is 115 Å². The van der Waals surface area contributed by atoms with Crippen LogP contribution < -0.4 is 0 Å². The highest BCUT2D eigenvalue weighted by molar-refractivity contribution is 5.07. The summed E-state index contributed by atoms with van der Waals surface area (Å²) in [6.07, 6.45) is 3.49. The first-order valence-corrected chi connectivity index (χ1v) is 7.38. The summed E-state index contributed by atoms with van der Waals surface area (Å²) in [7, 11) is 0. The molecule has 2 fully saturated rings. The summed E-state index contributed by atoms with van der Waals surface area (Å²) in [5.74, 6) is -0.606. The predicted octanol–water partition coefficient (Wildman–Crippen LogP) is 1.06. The first-order valence-electron chi connectivity index (χ1n) is 7.38. The van der Waals surface area contributed by atoms with Crippen molar-refractivity contribution in [1.82, 2.24) is 0 Å². The molecule has 0 spiro atoms. The van der Waals surface area contributed by atoms with Crippen LogP contribution in [0.4, 0.5) is 0 Å². The zero-order valence-corrected chi connectivity index (χ0v) is 12.3. The fraction of sp³-hybridized carbons (Fsp3) is 1.00. The van der Waals surface area contributed by atoms with Gasteiger partial charge in [-0.05, 0) is 44.9 Å². The van der Waals surface area contributed by atoms with Crippen molar-refractivity contribution in [3.05, 3.63) is 0 Å². The van der Waals surface area contributed by atoms with Gasteiger partial charge < -0.3 is 20.4 Å². The van der Waals surface area contributed by atoms with E-state index in [0.717, 1.165) is 19.3 Å². The van der Waals surface area contributed by atoms with Crippen molar-refractivity contribution in [3.8, 4) is 0 Å². The fourth-order valence-electron chi connectivity index (χ4n) is 4.66. The second-order valence-corrected chi connectivity index (χ2v) is 7.49. The molecular weight excluding hydrogens is 244 g/mol. The van der Waals surface area contributed by atoms with E-state index in [-0.39, 0.29) is 23.9 Å². The molecule has 2 rings (SSSR count). The summed E-state index contributed by atoms with van der Waals surface area (Å²) in [5, 5.41) is 41.0. The number of hydrogen-bond acceptors (Lipinski definition) is 4. The van der Waals surface area contributed by atoms with Gasteiger partial charge in [-0.15, -0.1) is 0 Å². The number of rotatable bonds is 2. The lowest BCUT2D eigenvalue weighted by molar-refractivity contribution is -0.210. The Balaban J connectivity index is 2.31. The summed E-state index contributed by atoms with van der Waals surface area (Å²) >= 11 is 0. The molecule has 112 valence electrons. The van der Waals surface area contributed by atoms with Crippen LogP contribution >= 0.6 is 0 Å². The molecule has 2 aliphatic rings. The molecule has 4 N–H and O–H groups in total. The van der Waals surface area contributed by atoms with Crippen LogP contribution in [0.25, 0.3) is 0 Å². The van der Waals surface area contributed by atoms with Crippen molar-refractivity contribution in [2.24, 2.45) is 17.3 Å². The van der Waals surface area contributed by atoms with Crippen molar-refractivity contribution in [1.29, 1.82) is 0 Å². The summed E-state index contributed by atoms with van der Waals surface area (Å²) in [6, 6.07) is 0. The smallest absolute Gasteiger partial charge is 0.0902 e. The van der Waals surface area contributed by atoms with Crippen molar-refractivity contribution < 1.29 is 20.4 Å². The predicted molar refractivity (Wildman–Crippen MR) is 72.5 cm³/mol. The Hall–Kier alpha value is -0.160. The van der Waals surface area contributed by atoms with Crippen molar-refractivity contribution >= 4 is 0 Å². The topological polar surface area (TPSA) is 80.9 Å². The molecule has 0 heterocycles. The lowest BCUT2D eigenvalue weighted by Gasteiger charge is -2.58. The van der Waals surface area contributed by atoms with Crippen LogP contribution in [0.3, 0.4) is 0 Å². The molecule has 0 aromatic rings. The zero-order chi connectivity index (χ0) is 14.5. The van der Waals surface area contributed by atoms with Gasteiger partial charge in [0.25, 0.3) is 0 Å². The fourth-order valence-corrected chi connectivity index (χ4v) is 4.66. The number of hydrogen-bond donors (Lipinski definition) is 4. The molecule has 4 heteroatoms. The molecule has 0 aliphatic heterocycles. The van der Waals surface area contributed by atoms with Crippen LogP contribution in [-0.4, -0.2) is 44.3 Å². The van der Waals surface area contributed by atoms with Crippen LogP contribution in [0.5, 0.6) is 0 Å². The molecule has 6 atom stereocenters. The minimum Gasteiger partial charge on any atom is -0.393 e. The van der Waals surface area contributed by atoms with Gasteiger partial charge in [0, 0.05) is 11.8 Å². The van der Waals surface area contributed by atoms with Gasteiger partial charge in [0.2, 0.25) is 0 Å². The van der Waals surface area contributed by atoms with E-state index in [2.05, 4.69) is 6.92 Å². The Morgan fingerprint density at radius 3 is 2.42 bits per heavy atom. The molecule has 19 heavy (non-hydrogen) atoms. The molecule has 5 unspecified atom stereocenters. The van der Waals surface area contributed by atoms with Crippen LogP contribution in [0.15, 0.2) is 0 Å². The minimum atomic E-state index is -1.28. The second kappa shape index (κ2) is 4.69. The standard InChI is InChI=1S/C15H28O4/c1-13-6-4-7-14(2,18)12(13)11(17)10(5-8-13)15(3,19)9-16/h10-12,16-19H,4-9H2,1-3H3/t10?,11?,12?,13?,14?,15-/m1/s1.